The molecule has 88 valence electrons. The van der Waals surface area contributed by atoms with Gasteiger partial charge in [-0.3, -0.25) is 14.7 Å². The molecule has 0 aliphatic rings. The Bertz CT molecular complexity index is 610. The molecule has 0 spiro atoms. The van der Waals surface area contributed by atoms with E-state index in [9.17, 15) is 9.59 Å². The molecule has 1 aromatic heterocycles. The first-order valence-corrected chi connectivity index (χ1v) is 5.25. The van der Waals surface area contributed by atoms with Crippen LogP contribution in [0.2, 0.25) is 0 Å². The maximum Gasteiger partial charge on any atom is 0.277 e. The minimum absolute atomic E-state index is 0.135. The topological polar surface area (TPSA) is 80.9 Å². The second-order valence-electron chi connectivity index (χ2n) is 3.77. The Morgan fingerprint density at radius 3 is 2.76 bits per heavy atom. The summed E-state index contributed by atoms with van der Waals surface area (Å²) in [6.45, 7) is 1.98. The van der Waals surface area contributed by atoms with Crippen molar-refractivity contribution < 1.29 is 4.79 Å². The Morgan fingerprint density at radius 2 is 2.12 bits per heavy atom. The molecule has 0 bridgehead atoms. The molecule has 1 heterocycles. The molecule has 0 aliphatic heterocycles. The van der Waals surface area contributed by atoms with Crippen LogP contribution in [0.15, 0.2) is 35.1 Å². The fraction of sp³-hybridized carbons (Fsp3) is 0.167. The summed E-state index contributed by atoms with van der Waals surface area (Å²) in [5, 5.41) is 2.45. The minimum Gasteiger partial charge on any atom is -0.325 e. The summed E-state index contributed by atoms with van der Waals surface area (Å²) in [6.07, 6.45) is 0. The maximum atomic E-state index is 12.2. The van der Waals surface area contributed by atoms with Gasteiger partial charge in [-0.25, -0.2) is 4.68 Å². The highest BCUT2D eigenvalue weighted by molar-refractivity contribution is 5.97. The van der Waals surface area contributed by atoms with Crippen molar-refractivity contribution in [3.05, 3.63) is 57.5 Å². The summed E-state index contributed by atoms with van der Waals surface area (Å²) in [6, 6.07) is 8.53. The minimum atomic E-state index is -0.326. The number of rotatable bonds is 2. The maximum absolute atomic E-state index is 12.2. The van der Waals surface area contributed by atoms with E-state index < -0.39 is 0 Å². The van der Waals surface area contributed by atoms with E-state index in [2.05, 4.69) is 5.10 Å². The third-order valence-electron chi connectivity index (χ3n) is 2.59. The van der Waals surface area contributed by atoms with Crippen molar-refractivity contribution in [3.8, 4) is 0 Å². The lowest BCUT2D eigenvalue weighted by Crippen LogP contribution is -2.20. The predicted octanol–water partition coefficient (Wildman–Crippen LogP) is 0.632. The summed E-state index contributed by atoms with van der Waals surface area (Å²) in [5.74, 6) is -0.273. The molecule has 0 unspecified atom stereocenters. The summed E-state index contributed by atoms with van der Waals surface area (Å²) >= 11 is 0. The van der Waals surface area contributed by atoms with Crippen molar-refractivity contribution in [2.24, 2.45) is 5.73 Å². The average molecular weight is 231 g/mol. The first kappa shape index (κ1) is 11.3. The Hall–Kier alpha value is -2.14. The van der Waals surface area contributed by atoms with Gasteiger partial charge in [-0.15, -0.1) is 0 Å². The Balaban J connectivity index is 2.51. The molecule has 2 aromatic rings. The van der Waals surface area contributed by atoms with Crippen LogP contribution in [-0.2, 0) is 6.54 Å². The predicted molar refractivity (Wildman–Crippen MR) is 63.9 cm³/mol. The van der Waals surface area contributed by atoms with Crippen LogP contribution >= 0.6 is 0 Å². The summed E-state index contributed by atoms with van der Waals surface area (Å²) in [4.78, 5) is 23.4. The van der Waals surface area contributed by atoms with Crippen molar-refractivity contribution in [2.45, 2.75) is 13.5 Å². The van der Waals surface area contributed by atoms with Crippen LogP contribution < -0.4 is 11.3 Å². The normalized spacial score (nSPS) is 10.5. The van der Waals surface area contributed by atoms with E-state index >= 15 is 0 Å². The zero-order chi connectivity index (χ0) is 12.4. The average Bonchev–Trinajstić information content (AvgIpc) is 2.70. The standard InChI is InChI=1S/C12H13N3O2/c1-8-4-2-3-5-10(8)12(17)15-9(7-13)6-11(16)14-15/h2-6H,7,13H2,1H3,(H,14,16). The molecule has 0 amide bonds. The Morgan fingerprint density at radius 1 is 1.41 bits per heavy atom. The van der Waals surface area contributed by atoms with Crippen molar-refractivity contribution in [2.75, 3.05) is 0 Å². The molecule has 2 rings (SSSR count). The Labute approximate surface area is 97.9 Å². The summed E-state index contributed by atoms with van der Waals surface area (Å²) in [5.41, 5.74) is 7.04. The number of nitrogens with two attached hydrogens (primary N) is 1. The number of hydrogen-bond donors (Lipinski definition) is 2. The van der Waals surface area contributed by atoms with Gasteiger partial charge in [0.1, 0.15) is 0 Å². The highest BCUT2D eigenvalue weighted by Crippen LogP contribution is 2.09. The number of aromatic nitrogens is 2. The molecule has 1 aromatic carbocycles. The zero-order valence-electron chi connectivity index (χ0n) is 9.43. The van der Waals surface area contributed by atoms with Gasteiger partial charge in [0.15, 0.2) is 0 Å². The van der Waals surface area contributed by atoms with Crippen LogP contribution in [0.25, 0.3) is 0 Å². The third kappa shape index (κ3) is 2.05. The highest BCUT2D eigenvalue weighted by Gasteiger charge is 2.14. The van der Waals surface area contributed by atoms with Crippen LogP contribution in [-0.4, -0.2) is 15.7 Å². The van der Waals surface area contributed by atoms with Crippen LogP contribution in [0.3, 0.4) is 0 Å². The van der Waals surface area contributed by atoms with Gasteiger partial charge in [-0.05, 0) is 18.6 Å². The highest BCUT2D eigenvalue weighted by atomic mass is 16.2. The van der Waals surface area contributed by atoms with Crippen molar-refractivity contribution in [3.63, 3.8) is 0 Å². The van der Waals surface area contributed by atoms with Gasteiger partial charge in [0, 0.05) is 18.2 Å². The van der Waals surface area contributed by atoms with Crippen LogP contribution in [0.1, 0.15) is 21.6 Å². The number of carbonyl (C=O) groups excluding carboxylic acids is 1. The first-order valence-electron chi connectivity index (χ1n) is 5.25. The lowest BCUT2D eigenvalue weighted by molar-refractivity contribution is 0.0940. The van der Waals surface area contributed by atoms with Crippen molar-refractivity contribution >= 4 is 5.91 Å². The van der Waals surface area contributed by atoms with E-state index in [1.807, 2.05) is 19.1 Å². The molecule has 0 atom stereocenters. The summed E-state index contributed by atoms with van der Waals surface area (Å²) < 4.78 is 1.20. The van der Waals surface area contributed by atoms with Gasteiger partial charge in [0.2, 0.25) is 0 Å². The van der Waals surface area contributed by atoms with Gasteiger partial charge in [0.05, 0.1) is 5.69 Å². The van der Waals surface area contributed by atoms with Gasteiger partial charge >= 0.3 is 0 Å². The first-order chi connectivity index (χ1) is 8.13. The fourth-order valence-corrected chi connectivity index (χ4v) is 1.69. The quantitative estimate of drug-likeness (QED) is 0.795. The molecule has 0 aliphatic carbocycles. The monoisotopic (exact) mass is 231 g/mol. The number of aryl methyl sites for hydroxylation is 1. The molecular weight excluding hydrogens is 218 g/mol. The van der Waals surface area contributed by atoms with Gasteiger partial charge in [-0.1, -0.05) is 18.2 Å². The number of hydrogen-bond acceptors (Lipinski definition) is 3. The van der Waals surface area contributed by atoms with Crippen molar-refractivity contribution in [1.82, 2.24) is 9.78 Å². The zero-order valence-corrected chi connectivity index (χ0v) is 9.43. The van der Waals surface area contributed by atoms with Gasteiger partial charge in [0.25, 0.3) is 11.5 Å². The molecule has 5 nitrogen and oxygen atoms in total. The largest absolute Gasteiger partial charge is 0.325 e. The molecule has 3 N–H and O–H groups in total. The van der Waals surface area contributed by atoms with E-state index in [1.54, 1.807) is 12.1 Å². The lowest BCUT2D eigenvalue weighted by Gasteiger charge is -2.07. The molecular formula is C12H13N3O2. The van der Waals surface area contributed by atoms with Crippen molar-refractivity contribution in [1.29, 1.82) is 0 Å². The van der Waals surface area contributed by atoms with E-state index in [0.29, 0.717) is 11.3 Å². The van der Waals surface area contributed by atoms with Crippen LogP contribution in [0, 0.1) is 6.92 Å². The molecule has 0 saturated heterocycles. The molecule has 0 radical (unpaired) electrons. The van der Waals surface area contributed by atoms with E-state index in [-0.39, 0.29) is 18.0 Å². The molecule has 0 saturated carbocycles. The van der Waals surface area contributed by atoms with E-state index in [0.717, 1.165) is 5.56 Å². The Kier molecular flexibility index (Phi) is 2.93. The molecule has 17 heavy (non-hydrogen) atoms. The number of carbonyl (C=O) groups is 1. The number of nitrogens with zero attached hydrogens (tertiary/aromatic N) is 1. The van der Waals surface area contributed by atoms with E-state index in [4.69, 9.17) is 5.73 Å². The van der Waals surface area contributed by atoms with Gasteiger partial charge < -0.3 is 5.73 Å². The summed E-state index contributed by atoms with van der Waals surface area (Å²) in [7, 11) is 0. The number of benzene rings is 1. The molecule has 5 heteroatoms. The van der Waals surface area contributed by atoms with Crippen LogP contribution in [0.4, 0.5) is 0 Å². The number of aromatic amines is 1. The lowest BCUT2D eigenvalue weighted by atomic mass is 10.1. The smallest absolute Gasteiger partial charge is 0.277 e. The van der Waals surface area contributed by atoms with E-state index in [1.165, 1.54) is 10.7 Å². The third-order valence-corrected chi connectivity index (χ3v) is 2.59. The fourth-order valence-electron chi connectivity index (χ4n) is 1.69. The van der Waals surface area contributed by atoms with Crippen LogP contribution in [0.5, 0.6) is 0 Å². The second-order valence-corrected chi connectivity index (χ2v) is 3.77. The van der Waals surface area contributed by atoms with Gasteiger partial charge in [-0.2, -0.15) is 0 Å². The SMILES string of the molecule is Cc1ccccc1C(=O)n1[nH]c(=O)cc1CN. The number of H-pyrrole nitrogens is 1. The molecule has 0 fully saturated rings. The second kappa shape index (κ2) is 4.39. The number of nitrogens with one attached hydrogen (secondary N) is 1.